The highest BCUT2D eigenvalue weighted by atomic mass is 31.2. The van der Waals surface area contributed by atoms with E-state index in [2.05, 4.69) is 67.8 Å². The second-order valence-electron chi connectivity index (χ2n) is 16.8. The average Bonchev–Trinajstić information content (AvgIpc) is 3.25. The Morgan fingerprint density at radius 1 is 0.508 bits per heavy atom. The molecule has 0 saturated carbocycles. The normalized spacial score (nSPS) is 13.6. The smallest absolute Gasteiger partial charge is 0.463 e. The Hall–Kier alpha value is -2.03. The van der Waals surface area contributed by atoms with Gasteiger partial charge in [0.05, 0.1) is 13.2 Å². The van der Waals surface area contributed by atoms with Crippen LogP contribution < -0.4 is 5.32 Å². The monoisotopic (exact) mass is 880 g/mol. The van der Waals surface area contributed by atoms with Crippen molar-refractivity contribution in [1.29, 1.82) is 0 Å². The summed E-state index contributed by atoms with van der Waals surface area (Å²) in [6, 6.07) is 0. The molecule has 0 rings (SSSR count). The Kier molecular flexibility index (Phi) is 45.9. The van der Waals surface area contributed by atoms with Crippen LogP contribution in [-0.2, 0) is 27.9 Å². The van der Waals surface area contributed by atoms with Crippen LogP contribution in [0.5, 0.6) is 0 Å². The van der Waals surface area contributed by atoms with E-state index in [1.807, 2.05) is 0 Å². The number of allylic oxidation sites excluding steroid dienone is 8. The maximum absolute atomic E-state index is 12.1. The first kappa shape index (κ1) is 59.0. The number of hydrogen-bond donors (Lipinski definition) is 3. The van der Waals surface area contributed by atoms with Crippen molar-refractivity contribution in [1.82, 2.24) is 5.32 Å². The number of phosphoric acid groups is 1. The van der Waals surface area contributed by atoms with E-state index in [4.69, 9.17) is 13.8 Å². The maximum Gasteiger partial charge on any atom is 0.472 e. The highest BCUT2D eigenvalue weighted by molar-refractivity contribution is 7.47. The summed E-state index contributed by atoms with van der Waals surface area (Å²) in [6.07, 6.45) is 56.1. The first-order valence-corrected chi connectivity index (χ1v) is 26.6. The molecule has 0 aromatic heterocycles. The number of phosphoric ester groups is 1. The number of esters is 1. The Balaban J connectivity index is 3.58. The number of carbonyl (C=O) groups is 2. The van der Waals surface area contributed by atoms with Crippen LogP contribution in [0.25, 0.3) is 0 Å². The minimum absolute atomic E-state index is 0.0751. The van der Waals surface area contributed by atoms with E-state index in [9.17, 15) is 24.2 Å². The molecule has 0 saturated heterocycles. The second-order valence-corrected chi connectivity index (χ2v) is 18.2. The topological polar surface area (TPSA) is 131 Å². The van der Waals surface area contributed by atoms with Crippen molar-refractivity contribution in [3.05, 3.63) is 48.6 Å². The minimum atomic E-state index is -4.42. The zero-order valence-electron chi connectivity index (χ0n) is 39.4. The molecule has 2 atom stereocenters. The fraction of sp³-hybridized carbons (Fsp3) is 0.804. The number of unbranched alkanes of at least 4 members (excludes halogenated alkanes) is 26. The first-order valence-electron chi connectivity index (χ1n) is 25.1. The minimum Gasteiger partial charge on any atom is -0.463 e. The summed E-state index contributed by atoms with van der Waals surface area (Å²) < 4.78 is 27.0. The summed E-state index contributed by atoms with van der Waals surface area (Å²) in [6.45, 7) is 3.54. The third kappa shape index (κ3) is 48.9. The van der Waals surface area contributed by atoms with E-state index in [0.717, 1.165) is 64.2 Å². The summed E-state index contributed by atoms with van der Waals surface area (Å²) in [7, 11) is -4.42. The Bertz CT molecular complexity index is 1140. The lowest BCUT2D eigenvalue weighted by molar-refractivity contribution is -0.147. The van der Waals surface area contributed by atoms with Gasteiger partial charge in [0.2, 0.25) is 5.91 Å². The summed E-state index contributed by atoms with van der Waals surface area (Å²) in [5.74, 6) is -0.521. The van der Waals surface area contributed by atoms with Crippen molar-refractivity contribution in [3.63, 3.8) is 0 Å². The van der Waals surface area contributed by atoms with Crippen LogP contribution in [0.3, 0.4) is 0 Å². The fourth-order valence-corrected chi connectivity index (χ4v) is 7.71. The van der Waals surface area contributed by atoms with Gasteiger partial charge in [0, 0.05) is 19.4 Å². The van der Waals surface area contributed by atoms with E-state index in [1.54, 1.807) is 0 Å². The van der Waals surface area contributed by atoms with Crippen LogP contribution in [0.2, 0.25) is 0 Å². The summed E-state index contributed by atoms with van der Waals surface area (Å²) in [5, 5.41) is 12.7. The van der Waals surface area contributed by atoms with Crippen LogP contribution in [-0.4, -0.2) is 54.3 Å². The largest absolute Gasteiger partial charge is 0.472 e. The van der Waals surface area contributed by atoms with Gasteiger partial charge < -0.3 is 20.1 Å². The molecule has 2 unspecified atom stereocenters. The molecule has 0 spiro atoms. The lowest BCUT2D eigenvalue weighted by Crippen LogP contribution is -2.27. The Morgan fingerprint density at radius 3 is 1.36 bits per heavy atom. The van der Waals surface area contributed by atoms with E-state index in [-0.39, 0.29) is 32.1 Å². The zero-order chi connectivity index (χ0) is 44.6. The van der Waals surface area contributed by atoms with Gasteiger partial charge in [-0.05, 0) is 57.8 Å². The van der Waals surface area contributed by atoms with Gasteiger partial charge in [-0.2, -0.15) is 0 Å². The van der Waals surface area contributed by atoms with E-state index >= 15 is 0 Å². The Labute approximate surface area is 375 Å². The van der Waals surface area contributed by atoms with Gasteiger partial charge in [-0.3, -0.25) is 18.6 Å². The number of aliphatic hydroxyl groups is 1. The quantitative estimate of drug-likeness (QED) is 0.0238. The molecule has 9 nitrogen and oxygen atoms in total. The molecule has 0 bridgehead atoms. The van der Waals surface area contributed by atoms with Crippen molar-refractivity contribution < 1.29 is 37.9 Å². The molecule has 1 amide bonds. The van der Waals surface area contributed by atoms with Crippen molar-refractivity contribution >= 4 is 19.7 Å². The Morgan fingerprint density at radius 2 is 0.885 bits per heavy atom. The predicted octanol–water partition coefficient (Wildman–Crippen LogP) is 14.7. The maximum atomic E-state index is 12.1. The van der Waals surface area contributed by atoms with Gasteiger partial charge in [0.1, 0.15) is 12.7 Å². The molecule has 0 fully saturated rings. The van der Waals surface area contributed by atoms with Gasteiger partial charge in [-0.25, -0.2) is 4.57 Å². The summed E-state index contributed by atoms with van der Waals surface area (Å²) in [4.78, 5) is 34.0. The summed E-state index contributed by atoms with van der Waals surface area (Å²) >= 11 is 0. The number of hydrogen-bond acceptors (Lipinski definition) is 7. The van der Waals surface area contributed by atoms with Crippen molar-refractivity contribution in [3.8, 4) is 0 Å². The lowest BCUT2D eigenvalue weighted by atomic mass is 10.0. The van der Waals surface area contributed by atoms with Crippen LogP contribution in [0, 0.1) is 0 Å². The predicted molar refractivity (Wildman–Crippen MR) is 257 cm³/mol. The molecule has 0 aromatic carbocycles. The van der Waals surface area contributed by atoms with E-state index < -0.39 is 26.5 Å². The second kappa shape index (κ2) is 47.4. The molecule has 10 heteroatoms. The standard InChI is InChI=1S/C51H94NO8P/c1-3-5-7-9-11-13-15-17-19-21-22-23-24-25-26-28-29-31-33-35-37-39-41-43-50(54)52-45-46-59-61(56,57)60-48-49(53)47-58-51(55)44-42-40-38-36-34-32-30-27-20-18-16-14-12-10-8-6-4-2/h11,13,17,19,22-23,25-26,49,53H,3-10,12,14-16,18,20-21,24,27-48H2,1-2H3,(H,52,54)(H,56,57)/b13-11-,19-17-,23-22-,26-25-. The van der Waals surface area contributed by atoms with Crippen LogP contribution in [0.4, 0.5) is 0 Å². The highest BCUT2D eigenvalue weighted by Crippen LogP contribution is 2.42. The number of carbonyl (C=O) groups excluding carboxylic acids is 2. The third-order valence-corrected chi connectivity index (χ3v) is 11.7. The molecule has 0 aromatic rings. The van der Waals surface area contributed by atoms with Gasteiger partial charge in [-0.15, -0.1) is 0 Å². The van der Waals surface area contributed by atoms with E-state index in [1.165, 1.54) is 141 Å². The lowest BCUT2D eigenvalue weighted by Gasteiger charge is -2.15. The molecule has 61 heavy (non-hydrogen) atoms. The molecule has 0 heterocycles. The van der Waals surface area contributed by atoms with Crippen LogP contribution in [0.1, 0.15) is 232 Å². The average molecular weight is 880 g/mol. The first-order chi connectivity index (χ1) is 29.8. The van der Waals surface area contributed by atoms with Crippen molar-refractivity contribution in [2.24, 2.45) is 0 Å². The van der Waals surface area contributed by atoms with E-state index in [0.29, 0.717) is 6.42 Å². The molecular weight excluding hydrogens is 786 g/mol. The number of rotatable bonds is 47. The number of ether oxygens (including phenoxy) is 1. The highest BCUT2D eigenvalue weighted by Gasteiger charge is 2.23. The fourth-order valence-electron chi connectivity index (χ4n) is 6.95. The van der Waals surface area contributed by atoms with Gasteiger partial charge in [0.15, 0.2) is 0 Å². The molecule has 0 radical (unpaired) electrons. The zero-order valence-corrected chi connectivity index (χ0v) is 40.3. The third-order valence-electron chi connectivity index (χ3n) is 10.8. The molecular formula is C51H94NO8P. The van der Waals surface area contributed by atoms with Crippen molar-refractivity contribution in [2.45, 2.75) is 238 Å². The summed E-state index contributed by atoms with van der Waals surface area (Å²) in [5.41, 5.74) is 0. The van der Waals surface area contributed by atoms with Crippen molar-refractivity contribution in [2.75, 3.05) is 26.4 Å². The van der Waals surface area contributed by atoms with Crippen LogP contribution >= 0.6 is 7.82 Å². The number of nitrogens with one attached hydrogen (secondary N) is 1. The molecule has 356 valence electrons. The molecule has 3 N–H and O–H groups in total. The van der Waals surface area contributed by atoms with Crippen LogP contribution in [0.15, 0.2) is 48.6 Å². The number of aliphatic hydroxyl groups excluding tert-OH is 1. The van der Waals surface area contributed by atoms with Gasteiger partial charge >= 0.3 is 13.8 Å². The molecule has 0 aliphatic heterocycles. The molecule has 0 aliphatic rings. The number of amides is 1. The SMILES string of the molecule is CCCCC/C=C\C/C=C\C/C=C\C/C=C\CCCCCCCCCC(=O)NCCOP(=O)(O)OCC(O)COC(=O)CCCCCCCCCCCCCCCCCCC. The van der Waals surface area contributed by atoms with Gasteiger partial charge in [-0.1, -0.05) is 210 Å². The van der Waals surface area contributed by atoms with Gasteiger partial charge in [0.25, 0.3) is 0 Å². The molecule has 0 aliphatic carbocycles.